The summed E-state index contributed by atoms with van der Waals surface area (Å²) in [6, 6.07) is 11.0. The second-order valence-electron chi connectivity index (χ2n) is 7.39. The van der Waals surface area contributed by atoms with Gasteiger partial charge >= 0.3 is 11.9 Å². The highest BCUT2D eigenvalue weighted by atomic mass is 32.1. The largest absolute Gasteiger partial charge is 0.481 e. The molecular weight excluding hydrogens is 508 g/mol. The summed E-state index contributed by atoms with van der Waals surface area (Å²) in [4.78, 5) is 25.0. The van der Waals surface area contributed by atoms with E-state index < -0.39 is 11.9 Å². The minimum atomic E-state index is -0.894. The topological polar surface area (TPSA) is 92.4 Å². The molecule has 0 amide bonds. The Bertz CT molecular complexity index is 888. The van der Waals surface area contributed by atoms with E-state index >= 15 is 0 Å². The molecule has 0 radical (unpaired) electrons. The molecule has 0 saturated heterocycles. The highest BCUT2D eigenvalue weighted by Crippen LogP contribution is 2.11. The number of thiophene rings is 1. The number of aliphatic carboxylic acids is 1. The molecule has 0 aliphatic carbocycles. The van der Waals surface area contributed by atoms with Crippen LogP contribution in [0.15, 0.2) is 53.4 Å². The molecule has 7 heteroatoms. The van der Waals surface area contributed by atoms with Crippen LogP contribution in [0.25, 0.3) is 0 Å². The molecule has 1 atom stereocenters. The molecule has 3 aromatic rings. The van der Waals surface area contributed by atoms with Crippen molar-refractivity contribution in [2.75, 3.05) is 0 Å². The van der Waals surface area contributed by atoms with Gasteiger partial charge in [-0.25, -0.2) is 9.78 Å². The average Bonchev–Trinajstić information content (AvgIpc) is 3.67. The Morgan fingerprint density at radius 2 is 1.36 bits per heavy atom. The lowest BCUT2D eigenvalue weighted by atomic mass is 10.1. The summed E-state index contributed by atoms with van der Waals surface area (Å²) in [6.45, 7) is 24.6. The van der Waals surface area contributed by atoms with E-state index in [1.807, 2.05) is 96.6 Å². The molecule has 0 bridgehead atoms. The number of imidazole rings is 1. The Labute approximate surface area is 243 Å². The summed E-state index contributed by atoms with van der Waals surface area (Å²) in [7, 11) is 0. The quantitative estimate of drug-likeness (QED) is 0.311. The number of benzene rings is 1. The summed E-state index contributed by atoms with van der Waals surface area (Å²) in [6.07, 6.45) is 4.80. The van der Waals surface area contributed by atoms with Gasteiger partial charge in [0.1, 0.15) is 5.82 Å². The molecule has 0 aliphatic heterocycles. The van der Waals surface area contributed by atoms with Crippen LogP contribution in [-0.2, 0) is 17.8 Å². The van der Waals surface area contributed by atoms with Crippen molar-refractivity contribution in [3.8, 4) is 0 Å². The normalized spacial score (nSPS) is 9.23. The molecule has 2 heterocycles. The Hall–Kier alpha value is -2.93. The number of hydrogen-bond donors (Lipinski definition) is 2. The van der Waals surface area contributed by atoms with Crippen molar-refractivity contribution in [3.05, 3.63) is 76.0 Å². The van der Waals surface area contributed by atoms with E-state index in [4.69, 9.17) is 10.2 Å². The molecule has 2 aromatic heterocycles. The predicted octanol–water partition coefficient (Wildman–Crippen LogP) is 9.86. The first-order valence-corrected chi connectivity index (χ1v) is 15.2. The number of aromatic nitrogens is 2. The van der Waals surface area contributed by atoms with E-state index in [9.17, 15) is 9.59 Å². The van der Waals surface area contributed by atoms with E-state index in [0.717, 1.165) is 30.8 Å². The van der Waals surface area contributed by atoms with Gasteiger partial charge in [0.25, 0.3) is 0 Å². The van der Waals surface area contributed by atoms with Crippen LogP contribution in [0.4, 0.5) is 0 Å². The predicted molar refractivity (Wildman–Crippen MR) is 170 cm³/mol. The van der Waals surface area contributed by atoms with Gasteiger partial charge in [-0.05, 0) is 48.2 Å². The molecule has 0 spiro atoms. The monoisotopic (exact) mass is 564 g/mol. The third kappa shape index (κ3) is 22.7. The van der Waals surface area contributed by atoms with Crippen molar-refractivity contribution in [1.29, 1.82) is 0 Å². The zero-order valence-corrected chi connectivity index (χ0v) is 27.4. The number of hydrogen-bond acceptors (Lipinski definition) is 4. The summed E-state index contributed by atoms with van der Waals surface area (Å²) in [5.74, 6) is -0.800. The van der Waals surface area contributed by atoms with Crippen LogP contribution in [0.3, 0.4) is 0 Å². The molecule has 0 saturated carbocycles. The first-order chi connectivity index (χ1) is 18.7. The van der Waals surface area contributed by atoms with Crippen molar-refractivity contribution in [2.45, 2.75) is 109 Å². The second-order valence-corrected chi connectivity index (χ2v) is 8.20. The molecule has 1 aromatic carbocycles. The van der Waals surface area contributed by atoms with Crippen molar-refractivity contribution in [3.63, 3.8) is 0 Å². The lowest BCUT2D eigenvalue weighted by molar-refractivity contribution is -0.141. The van der Waals surface area contributed by atoms with E-state index in [2.05, 4.69) is 30.3 Å². The van der Waals surface area contributed by atoms with Gasteiger partial charge < -0.3 is 14.8 Å². The van der Waals surface area contributed by atoms with Crippen molar-refractivity contribution >= 4 is 23.3 Å². The van der Waals surface area contributed by atoms with Crippen molar-refractivity contribution in [2.24, 2.45) is 5.92 Å². The standard InChI is InChI=1S/C14H16N2O2.C5H10O2.C4H4S.C3H8.3C2H6/c1-3-13-8-15-10(2)16(13)9-11-4-6-12(7-5-11)14(17)18;1-3-4(2)5(6)7;1-2-4-5-3-1;1-3-2;3*1-2/h4-8H,3,9H2,1-2H3,(H,17,18);4H,3H2,1-2H3,(H,6,7);1-4H;3H2,1-2H3;3*1-2H3. The van der Waals surface area contributed by atoms with Crippen LogP contribution in [0.5, 0.6) is 0 Å². The third-order valence-corrected chi connectivity index (χ3v) is 5.13. The maximum atomic E-state index is 10.8. The molecule has 3 rings (SSSR count). The number of carbonyl (C=O) groups is 2. The molecule has 0 fully saturated rings. The Morgan fingerprint density at radius 3 is 1.64 bits per heavy atom. The first-order valence-electron chi connectivity index (χ1n) is 14.2. The minimum absolute atomic E-state index is 0.181. The molecule has 39 heavy (non-hydrogen) atoms. The number of aryl methyl sites for hydroxylation is 2. The minimum Gasteiger partial charge on any atom is -0.481 e. The van der Waals surface area contributed by atoms with E-state index in [0.29, 0.717) is 5.56 Å². The SMILES string of the molecule is CC.CC.CC.CCC.CCC(C)C(=O)O.CCc1cnc(C)n1Cc1ccc(C(=O)O)cc1.c1ccsc1. The number of aromatic carboxylic acids is 1. The van der Waals surface area contributed by atoms with Crippen molar-refractivity contribution < 1.29 is 19.8 Å². The summed E-state index contributed by atoms with van der Waals surface area (Å²) >= 11 is 1.71. The van der Waals surface area contributed by atoms with Crippen LogP contribution in [0, 0.1) is 12.8 Å². The van der Waals surface area contributed by atoms with Crippen LogP contribution < -0.4 is 0 Å². The number of carboxylic acid groups (broad SMARTS) is 2. The van der Waals surface area contributed by atoms with E-state index in [-0.39, 0.29) is 5.92 Å². The third-order valence-electron chi connectivity index (χ3n) is 4.50. The van der Waals surface area contributed by atoms with Crippen LogP contribution >= 0.6 is 11.3 Å². The van der Waals surface area contributed by atoms with Crippen molar-refractivity contribution in [1.82, 2.24) is 9.55 Å². The lowest BCUT2D eigenvalue weighted by Crippen LogP contribution is -2.06. The fourth-order valence-electron chi connectivity index (χ4n) is 2.35. The number of carboxylic acids is 2. The van der Waals surface area contributed by atoms with Gasteiger partial charge in [-0.1, -0.05) is 107 Å². The molecule has 2 N–H and O–H groups in total. The van der Waals surface area contributed by atoms with Gasteiger partial charge in [0.15, 0.2) is 0 Å². The van der Waals surface area contributed by atoms with Gasteiger partial charge in [0.2, 0.25) is 0 Å². The van der Waals surface area contributed by atoms with Crippen LogP contribution in [0.2, 0.25) is 0 Å². The highest BCUT2D eigenvalue weighted by Gasteiger charge is 2.07. The van der Waals surface area contributed by atoms with Crippen LogP contribution in [0.1, 0.15) is 116 Å². The lowest BCUT2D eigenvalue weighted by Gasteiger charge is -2.09. The molecule has 224 valence electrons. The maximum Gasteiger partial charge on any atom is 0.335 e. The fraction of sp³-hybridized carbons (Fsp3) is 0.531. The molecular formula is C32H56N2O4S. The van der Waals surface area contributed by atoms with Gasteiger partial charge in [-0.15, -0.1) is 0 Å². The number of rotatable bonds is 6. The molecule has 1 unspecified atom stereocenters. The average molecular weight is 565 g/mol. The van der Waals surface area contributed by atoms with Gasteiger partial charge in [-0.3, -0.25) is 4.79 Å². The highest BCUT2D eigenvalue weighted by molar-refractivity contribution is 7.07. The van der Waals surface area contributed by atoms with Gasteiger partial charge in [-0.2, -0.15) is 11.3 Å². The summed E-state index contributed by atoms with van der Waals surface area (Å²) in [5.41, 5.74) is 2.59. The summed E-state index contributed by atoms with van der Waals surface area (Å²) in [5, 5.41) is 21.1. The summed E-state index contributed by atoms with van der Waals surface area (Å²) < 4.78 is 2.15. The zero-order chi connectivity index (χ0) is 31.2. The van der Waals surface area contributed by atoms with Gasteiger partial charge in [0, 0.05) is 18.4 Å². The van der Waals surface area contributed by atoms with E-state index in [1.54, 1.807) is 30.4 Å². The van der Waals surface area contributed by atoms with Gasteiger partial charge in [0.05, 0.1) is 11.5 Å². The molecule has 0 aliphatic rings. The smallest absolute Gasteiger partial charge is 0.335 e. The molecule has 6 nitrogen and oxygen atoms in total. The van der Waals surface area contributed by atoms with Crippen LogP contribution in [-0.4, -0.2) is 31.7 Å². The Morgan fingerprint density at radius 1 is 0.897 bits per heavy atom. The second kappa shape index (κ2) is 31.3. The van der Waals surface area contributed by atoms with E-state index in [1.165, 1.54) is 12.1 Å². The fourth-order valence-corrected chi connectivity index (χ4v) is 2.80. The first kappa shape index (κ1) is 43.1. The zero-order valence-electron chi connectivity index (χ0n) is 26.6. The maximum absolute atomic E-state index is 10.8. The Kier molecular flexibility index (Phi) is 34.6. The number of nitrogens with zero attached hydrogens (tertiary/aromatic N) is 2. The Balaban J connectivity index is -0.000000241.